The topological polar surface area (TPSA) is 55.1 Å². The lowest BCUT2D eigenvalue weighted by atomic mass is 9.95. The van der Waals surface area contributed by atoms with E-state index < -0.39 is 5.54 Å². The molecule has 2 atom stereocenters. The predicted octanol–water partition coefficient (Wildman–Crippen LogP) is 0.981. The van der Waals surface area contributed by atoms with Crippen LogP contribution in [0, 0.1) is 0 Å². The maximum atomic E-state index is 11.1. The number of rotatable bonds is 6. The van der Waals surface area contributed by atoms with E-state index in [0.29, 0.717) is 5.25 Å². The summed E-state index contributed by atoms with van der Waals surface area (Å²) in [7, 11) is 1.77. The lowest BCUT2D eigenvalue weighted by molar-refractivity contribution is -0.123. The van der Waals surface area contributed by atoms with Crippen LogP contribution in [-0.2, 0) is 4.79 Å². The summed E-state index contributed by atoms with van der Waals surface area (Å²) >= 11 is 1.84. The largest absolute Gasteiger partial charge is 0.368 e. The van der Waals surface area contributed by atoms with E-state index in [0.717, 1.165) is 12.2 Å². The number of amides is 1. The van der Waals surface area contributed by atoms with Gasteiger partial charge in [-0.2, -0.15) is 11.8 Å². The first-order valence-corrected chi connectivity index (χ1v) is 5.61. The van der Waals surface area contributed by atoms with Crippen LogP contribution in [0.5, 0.6) is 0 Å². The molecule has 0 aliphatic rings. The molecule has 0 aliphatic carbocycles. The lowest BCUT2D eigenvalue weighted by Crippen LogP contribution is -2.52. The molecule has 0 aromatic heterocycles. The molecule has 0 radical (unpaired) electrons. The van der Waals surface area contributed by atoms with Crippen LogP contribution in [0.4, 0.5) is 0 Å². The number of hydrogen-bond donors (Lipinski definition) is 2. The monoisotopic (exact) mass is 204 g/mol. The van der Waals surface area contributed by atoms with Crippen LogP contribution in [0.15, 0.2) is 0 Å². The van der Waals surface area contributed by atoms with Crippen LogP contribution >= 0.6 is 11.8 Å². The highest BCUT2D eigenvalue weighted by molar-refractivity contribution is 7.99. The summed E-state index contributed by atoms with van der Waals surface area (Å²) in [5, 5.41) is 3.43. The molecule has 78 valence electrons. The predicted molar refractivity (Wildman–Crippen MR) is 58.9 cm³/mol. The highest BCUT2D eigenvalue weighted by Crippen LogP contribution is 2.21. The quantitative estimate of drug-likeness (QED) is 0.678. The lowest BCUT2D eigenvalue weighted by Gasteiger charge is -2.28. The maximum Gasteiger partial charge on any atom is 0.237 e. The van der Waals surface area contributed by atoms with Crippen molar-refractivity contribution in [3.05, 3.63) is 0 Å². The van der Waals surface area contributed by atoms with Crippen molar-refractivity contribution >= 4 is 17.7 Å². The van der Waals surface area contributed by atoms with Gasteiger partial charge in [-0.15, -0.1) is 0 Å². The van der Waals surface area contributed by atoms with E-state index in [2.05, 4.69) is 19.2 Å². The van der Waals surface area contributed by atoms with Gasteiger partial charge in [-0.25, -0.2) is 0 Å². The number of nitrogens with two attached hydrogens (primary N) is 1. The number of hydrogen-bond acceptors (Lipinski definition) is 3. The summed E-state index contributed by atoms with van der Waals surface area (Å²) < 4.78 is 0. The Labute approximate surface area is 84.8 Å². The van der Waals surface area contributed by atoms with Crippen molar-refractivity contribution in [1.82, 2.24) is 5.32 Å². The first-order chi connectivity index (χ1) is 5.96. The Morgan fingerprint density at radius 2 is 2.23 bits per heavy atom. The molecule has 0 spiro atoms. The Hall–Kier alpha value is -0.220. The Balaban J connectivity index is 4.18. The third kappa shape index (κ3) is 4.00. The van der Waals surface area contributed by atoms with Gasteiger partial charge in [0, 0.05) is 5.25 Å². The van der Waals surface area contributed by atoms with Crippen LogP contribution in [0.2, 0.25) is 0 Å². The molecular weight excluding hydrogens is 184 g/mol. The molecule has 2 unspecified atom stereocenters. The molecule has 0 aromatic rings. The van der Waals surface area contributed by atoms with Gasteiger partial charge in [0.05, 0.1) is 5.54 Å². The van der Waals surface area contributed by atoms with Crippen molar-refractivity contribution in [2.45, 2.75) is 38.0 Å². The summed E-state index contributed by atoms with van der Waals surface area (Å²) in [6.45, 7) is 6.08. The van der Waals surface area contributed by atoms with Crippen LogP contribution in [0.1, 0.15) is 27.2 Å². The van der Waals surface area contributed by atoms with E-state index in [-0.39, 0.29) is 5.91 Å². The number of thioether (sulfide) groups is 1. The minimum Gasteiger partial charge on any atom is -0.368 e. The highest BCUT2D eigenvalue weighted by atomic mass is 32.2. The first kappa shape index (κ1) is 12.8. The Kier molecular flexibility index (Phi) is 5.40. The zero-order valence-corrected chi connectivity index (χ0v) is 9.70. The first-order valence-electron chi connectivity index (χ1n) is 4.56. The fourth-order valence-corrected chi connectivity index (χ4v) is 2.26. The average molecular weight is 204 g/mol. The summed E-state index contributed by atoms with van der Waals surface area (Å²) in [5.41, 5.74) is 4.75. The Morgan fingerprint density at radius 3 is 2.54 bits per heavy atom. The minimum absolute atomic E-state index is 0.279. The second kappa shape index (κ2) is 5.50. The molecular formula is C9H20N2OS. The van der Waals surface area contributed by atoms with Crippen LogP contribution < -0.4 is 11.1 Å². The van der Waals surface area contributed by atoms with E-state index >= 15 is 0 Å². The van der Waals surface area contributed by atoms with Crippen LogP contribution in [0.25, 0.3) is 0 Å². The molecule has 0 rings (SSSR count). The van der Waals surface area contributed by atoms with Gasteiger partial charge in [0.1, 0.15) is 0 Å². The van der Waals surface area contributed by atoms with Gasteiger partial charge in [-0.1, -0.05) is 13.8 Å². The van der Waals surface area contributed by atoms with Crippen molar-refractivity contribution in [2.75, 3.05) is 12.8 Å². The smallest absolute Gasteiger partial charge is 0.237 e. The van der Waals surface area contributed by atoms with Crippen molar-refractivity contribution in [1.29, 1.82) is 0 Å². The van der Waals surface area contributed by atoms with Gasteiger partial charge < -0.3 is 11.1 Å². The van der Waals surface area contributed by atoms with Gasteiger partial charge >= 0.3 is 0 Å². The Morgan fingerprint density at radius 1 is 1.69 bits per heavy atom. The van der Waals surface area contributed by atoms with Gasteiger partial charge in [0.25, 0.3) is 0 Å². The molecule has 1 amide bonds. The van der Waals surface area contributed by atoms with Gasteiger partial charge in [-0.05, 0) is 26.1 Å². The second-order valence-corrected chi connectivity index (χ2v) is 5.13. The van der Waals surface area contributed by atoms with Crippen molar-refractivity contribution < 1.29 is 4.79 Å². The van der Waals surface area contributed by atoms with E-state index in [4.69, 9.17) is 5.73 Å². The molecule has 3 N–H and O–H groups in total. The number of nitrogens with one attached hydrogen (secondary N) is 1. The SMILES string of the molecule is CCSC(C)CC(C)(NC)C(N)=O. The molecule has 13 heavy (non-hydrogen) atoms. The summed E-state index contributed by atoms with van der Waals surface area (Å²) in [5.74, 6) is 0.790. The molecule has 0 bridgehead atoms. The fourth-order valence-electron chi connectivity index (χ4n) is 1.24. The van der Waals surface area contributed by atoms with Crippen LogP contribution in [0.3, 0.4) is 0 Å². The van der Waals surface area contributed by atoms with Gasteiger partial charge in [-0.3, -0.25) is 4.79 Å². The van der Waals surface area contributed by atoms with Crippen molar-refractivity contribution in [3.8, 4) is 0 Å². The average Bonchev–Trinajstić information content (AvgIpc) is 2.04. The molecule has 4 heteroatoms. The molecule has 0 aliphatic heterocycles. The number of likely N-dealkylation sites (N-methyl/N-ethyl adjacent to an activating group) is 1. The zero-order chi connectivity index (χ0) is 10.5. The van der Waals surface area contributed by atoms with E-state index in [1.54, 1.807) is 7.05 Å². The molecule has 0 saturated carbocycles. The third-order valence-corrected chi connectivity index (χ3v) is 3.31. The number of primary amides is 1. The van der Waals surface area contributed by atoms with Gasteiger partial charge in [0.15, 0.2) is 0 Å². The normalized spacial score (nSPS) is 17.8. The molecule has 0 saturated heterocycles. The van der Waals surface area contributed by atoms with Crippen molar-refractivity contribution in [2.24, 2.45) is 5.73 Å². The Bertz CT molecular complexity index is 175. The maximum absolute atomic E-state index is 11.1. The van der Waals surface area contributed by atoms with E-state index in [1.165, 1.54) is 0 Å². The molecule has 0 fully saturated rings. The van der Waals surface area contributed by atoms with Crippen molar-refractivity contribution in [3.63, 3.8) is 0 Å². The highest BCUT2D eigenvalue weighted by Gasteiger charge is 2.30. The van der Waals surface area contributed by atoms with Gasteiger partial charge in [0.2, 0.25) is 5.91 Å². The standard InChI is InChI=1S/C9H20N2OS/c1-5-13-7(2)6-9(3,11-4)8(10)12/h7,11H,5-6H2,1-4H3,(H2,10,12). The minimum atomic E-state index is -0.568. The third-order valence-electron chi connectivity index (χ3n) is 2.24. The second-order valence-electron chi connectivity index (χ2n) is 3.42. The fraction of sp³-hybridized carbons (Fsp3) is 0.889. The molecule has 0 aromatic carbocycles. The zero-order valence-electron chi connectivity index (χ0n) is 8.89. The number of carbonyl (C=O) groups is 1. The number of carbonyl (C=O) groups excluding carboxylic acids is 1. The summed E-state index contributed by atoms with van der Waals surface area (Å²) in [6.07, 6.45) is 0.775. The summed E-state index contributed by atoms with van der Waals surface area (Å²) in [4.78, 5) is 11.1. The molecule has 3 nitrogen and oxygen atoms in total. The van der Waals surface area contributed by atoms with E-state index in [9.17, 15) is 4.79 Å². The molecule has 0 heterocycles. The van der Waals surface area contributed by atoms with E-state index in [1.807, 2.05) is 18.7 Å². The summed E-state index contributed by atoms with van der Waals surface area (Å²) in [6, 6.07) is 0. The van der Waals surface area contributed by atoms with Crippen LogP contribution in [-0.4, -0.2) is 29.5 Å².